The molecule has 0 spiro atoms. The second-order valence-electron chi connectivity index (χ2n) is 9.27. The fourth-order valence-electron chi connectivity index (χ4n) is 4.57. The Hall–Kier alpha value is -3.00. The van der Waals surface area contributed by atoms with Crippen molar-refractivity contribution in [2.75, 3.05) is 5.32 Å². The van der Waals surface area contributed by atoms with E-state index in [1.165, 1.54) is 0 Å². The number of halogens is 1. The van der Waals surface area contributed by atoms with Gasteiger partial charge in [-0.05, 0) is 64.8 Å². The van der Waals surface area contributed by atoms with Crippen LogP contribution in [0.5, 0.6) is 5.75 Å². The van der Waals surface area contributed by atoms with Crippen molar-refractivity contribution < 1.29 is 9.50 Å². The first-order chi connectivity index (χ1) is 14.1. The van der Waals surface area contributed by atoms with Gasteiger partial charge in [-0.25, -0.2) is 4.39 Å². The molecule has 3 heterocycles. The number of nitrogens with zero attached hydrogens (tertiary/aromatic N) is 3. The van der Waals surface area contributed by atoms with Gasteiger partial charge in [0.05, 0.1) is 11.4 Å². The lowest BCUT2D eigenvalue weighted by atomic mass is 9.79. The fraction of sp³-hybridized carbons (Fsp3) is 0.409. The molecule has 4 N–H and O–H groups in total. The highest BCUT2D eigenvalue weighted by Crippen LogP contribution is 2.35. The Morgan fingerprint density at radius 3 is 2.37 bits per heavy atom. The van der Waals surface area contributed by atoms with Gasteiger partial charge in [0.25, 0.3) is 0 Å². The summed E-state index contributed by atoms with van der Waals surface area (Å²) in [6.07, 6.45) is 3.48. The summed E-state index contributed by atoms with van der Waals surface area (Å²) < 4.78 is 14.3. The topological polar surface area (TPSA) is 98.8 Å². The summed E-state index contributed by atoms with van der Waals surface area (Å²) >= 11 is 0. The van der Waals surface area contributed by atoms with Crippen molar-refractivity contribution in [3.63, 3.8) is 0 Å². The zero-order chi connectivity index (χ0) is 21.5. The monoisotopic (exact) mass is 410 g/mol. The predicted molar refractivity (Wildman–Crippen MR) is 115 cm³/mol. The summed E-state index contributed by atoms with van der Waals surface area (Å²) in [5.41, 5.74) is 1.75. The summed E-state index contributed by atoms with van der Waals surface area (Å²) in [5.74, 6) is -0.0526. The standard InChI is InChI=1S/C22H27FN6O/c1-21(2)11-13(12-22(3,4)29-21)25-20-6-5-17(27-28-20)15-9-14(16(23)10-19(15)30)18-7-8-24-26-18/h5-10,13,29-30H,11-12H2,1-4H3,(H,24,26)(H,25,28). The average Bonchev–Trinajstić information content (AvgIpc) is 3.14. The molecule has 0 aliphatic carbocycles. The number of nitrogens with one attached hydrogen (secondary N) is 3. The fourth-order valence-corrected chi connectivity index (χ4v) is 4.57. The first-order valence-electron chi connectivity index (χ1n) is 10.0. The third kappa shape index (κ3) is 4.28. The molecule has 4 rings (SSSR count). The van der Waals surface area contributed by atoms with Gasteiger partial charge in [-0.3, -0.25) is 5.10 Å². The average molecular weight is 410 g/mol. The molecule has 3 aromatic rings. The zero-order valence-corrected chi connectivity index (χ0v) is 17.6. The van der Waals surface area contributed by atoms with Crippen molar-refractivity contribution in [3.05, 3.63) is 42.3 Å². The molecule has 0 amide bonds. The van der Waals surface area contributed by atoms with E-state index < -0.39 is 5.82 Å². The largest absolute Gasteiger partial charge is 0.507 e. The molecule has 1 aromatic carbocycles. The number of aromatic hydroxyl groups is 1. The predicted octanol–water partition coefficient (Wildman–Crippen LogP) is 4.10. The molecule has 158 valence electrons. The lowest BCUT2D eigenvalue weighted by Gasteiger charge is -2.46. The third-order valence-electron chi connectivity index (χ3n) is 5.36. The summed E-state index contributed by atoms with van der Waals surface area (Å²) in [5, 5.41) is 32.6. The van der Waals surface area contributed by atoms with Gasteiger partial charge in [-0.1, -0.05) is 0 Å². The molecule has 0 atom stereocenters. The smallest absolute Gasteiger partial charge is 0.148 e. The quantitative estimate of drug-likeness (QED) is 0.517. The second kappa shape index (κ2) is 7.36. The van der Waals surface area contributed by atoms with Crippen LogP contribution in [0.2, 0.25) is 0 Å². The van der Waals surface area contributed by atoms with Gasteiger partial charge in [-0.2, -0.15) is 5.10 Å². The van der Waals surface area contributed by atoms with Crippen LogP contribution in [0, 0.1) is 5.82 Å². The van der Waals surface area contributed by atoms with Crippen molar-refractivity contribution in [1.82, 2.24) is 25.7 Å². The van der Waals surface area contributed by atoms with E-state index in [4.69, 9.17) is 0 Å². The van der Waals surface area contributed by atoms with Crippen molar-refractivity contribution in [2.45, 2.75) is 57.7 Å². The van der Waals surface area contributed by atoms with Crippen LogP contribution in [0.3, 0.4) is 0 Å². The third-order valence-corrected chi connectivity index (χ3v) is 5.36. The van der Waals surface area contributed by atoms with E-state index in [0.29, 0.717) is 28.3 Å². The molecule has 0 saturated carbocycles. The first-order valence-corrected chi connectivity index (χ1v) is 10.0. The highest BCUT2D eigenvalue weighted by atomic mass is 19.1. The van der Waals surface area contributed by atoms with Gasteiger partial charge >= 0.3 is 0 Å². The van der Waals surface area contributed by atoms with E-state index in [-0.39, 0.29) is 22.9 Å². The minimum Gasteiger partial charge on any atom is -0.507 e. The highest BCUT2D eigenvalue weighted by molar-refractivity contribution is 5.74. The van der Waals surface area contributed by atoms with Crippen LogP contribution in [0.25, 0.3) is 22.5 Å². The Morgan fingerprint density at radius 2 is 1.77 bits per heavy atom. The SMILES string of the molecule is CC1(C)CC(Nc2ccc(-c3cc(-c4ccn[nH]4)c(F)cc3O)nn2)CC(C)(C)N1. The summed E-state index contributed by atoms with van der Waals surface area (Å²) in [6.45, 7) is 8.80. The Kier molecular flexibility index (Phi) is 4.97. The first kappa shape index (κ1) is 20.3. The molecule has 0 bridgehead atoms. The number of piperidine rings is 1. The highest BCUT2D eigenvalue weighted by Gasteiger charge is 2.37. The van der Waals surface area contributed by atoms with Gasteiger partial charge in [0.15, 0.2) is 0 Å². The number of phenolic OH excluding ortho intramolecular Hbond substituents is 1. The van der Waals surface area contributed by atoms with E-state index in [1.54, 1.807) is 24.4 Å². The zero-order valence-electron chi connectivity index (χ0n) is 17.6. The molecule has 1 fully saturated rings. The van der Waals surface area contributed by atoms with Crippen molar-refractivity contribution in [1.29, 1.82) is 0 Å². The molecule has 7 nitrogen and oxygen atoms in total. The van der Waals surface area contributed by atoms with Crippen LogP contribution in [0.1, 0.15) is 40.5 Å². The van der Waals surface area contributed by atoms with Gasteiger partial charge in [0.1, 0.15) is 17.4 Å². The number of hydrogen-bond donors (Lipinski definition) is 4. The maximum Gasteiger partial charge on any atom is 0.148 e. The number of hydrogen-bond acceptors (Lipinski definition) is 6. The molecule has 0 unspecified atom stereocenters. The number of benzene rings is 1. The lowest BCUT2D eigenvalue weighted by molar-refractivity contribution is 0.170. The van der Waals surface area contributed by atoms with E-state index in [9.17, 15) is 9.50 Å². The molecule has 2 aromatic heterocycles. The van der Waals surface area contributed by atoms with Crippen LogP contribution >= 0.6 is 0 Å². The van der Waals surface area contributed by atoms with E-state index in [2.05, 4.69) is 58.7 Å². The maximum absolute atomic E-state index is 14.3. The number of aromatic amines is 1. The molecule has 1 saturated heterocycles. The maximum atomic E-state index is 14.3. The number of H-pyrrole nitrogens is 1. The molecular weight excluding hydrogens is 383 g/mol. The van der Waals surface area contributed by atoms with E-state index in [1.807, 2.05) is 6.07 Å². The van der Waals surface area contributed by atoms with Crippen LogP contribution < -0.4 is 10.6 Å². The van der Waals surface area contributed by atoms with Crippen LogP contribution in [-0.4, -0.2) is 42.6 Å². The molecule has 30 heavy (non-hydrogen) atoms. The molecule has 8 heteroatoms. The van der Waals surface area contributed by atoms with Crippen molar-refractivity contribution in [3.8, 4) is 28.3 Å². The Bertz CT molecular complexity index is 1010. The lowest BCUT2D eigenvalue weighted by Crippen LogP contribution is -2.60. The number of phenols is 1. The summed E-state index contributed by atoms with van der Waals surface area (Å²) in [7, 11) is 0. The minimum absolute atomic E-state index is 0.0236. The van der Waals surface area contributed by atoms with Crippen LogP contribution in [-0.2, 0) is 0 Å². The summed E-state index contributed by atoms with van der Waals surface area (Å²) in [4.78, 5) is 0. The van der Waals surface area contributed by atoms with Gasteiger partial charge in [0.2, 0.25) is 0 Å². The number of aromatic nitrogens is 4. The van der Waals surface area contributed by atoms with Crippen LogP contribution in [0.4, 0.5) is 10.2 Å². The van der Waals surface area contributed by atoms with Gasteiger partial charge < -0.3 is 15.7 Å². The van der Waals surface area contributed by atoms with Crippen molar-refractivity contribution in [2.24, 2.45) is 0 Å². The van der Waals surface area contributed by atoms with Crippen molar-refractivity contribution >= 4 is 5.82 Å². The Morgan fingerprint density at radius 1 is 1.03 bits per heavy atom. The Balaban J connectivity index is 1.56. The summed E-state index contributed by atoms with van der Waals surface area (Å²) in [6, 6.07) is 8.17. The number of rotatable bonds is 4. The minimum atomic E-state index is -0.539. The second-order valence-corrected chi connectivity index (χ2v) is 9.27. The molecule has 1 aliphatic rings. The number of anilines is 1. The van der Waals surface area contributed by atoms with Crippen LogP contribution in [0.15, 0.2) is 36.5 Å². The van der Waals surface area contributed by atoms with E-state index >= 15 is 0 Å². The van der Waals surface area contributed by atoms with Gasteiger partial charge in [0, 0.05) is 40.5 Å². The molecule has 1 aliphatic heterocycles. The molecular formula is C22H27FN6O. The van der Waals surface area contributed by atoms with E-state index in [0.717, 1.165) is 18.9 Å². The normalized spacial score (nSPS) is 18.3. The Labute approximate surface area is 175 Å². The van der Waals surface area contributed by atoms with Gasteiger partial charge in [-0.15, -0.1) is 10.2 Å². The molecule has 0 radical (unpaired) electrons.